The van der Waals surface area contributed by atoms with Crippen LogP contribution in [0.15, 0.2) is 18.2 Å². The highest BCUT2D eigenvalue weighted by atomic mass is 35.5. The molecule has 0 bridgehead atoms. The van der Waals surface area contributed by atoms with E-state index in [-0.39, 0.29) is 0 Å². The van der Waals surface area contributed by atoms with Gasteiger partial charge in [0.25, 0.3) is 0 Å². The normalized spacial score (nSPS) is 11.3. The summed E-state index contributed by atoms with van der Waals surface area (Å²) in [6.45, 7) is 5.49. The summed E-state index contributed by atoms with van der Waals surface area (Å²) in [5.41, 5.74) is 0.980. The second-order valence-electron chi connectivity index (χ2n) is 4.59. The van der Waals surface area contributed by atoms with E-state index >= 15 is 0 Å². The number of thiazole rings is 1. The number of halogens is 1. The zero-order chi connectivity index (χ0) is 12.3. The number of rotatable bonds is 5. The van der Waals surface area contributed by atoms with Crippen LogP contribution >= 0.6 is 22.9 Å². The minimum absolute atomic E-state index is 0.745. The van der Waals surface area contributed by atoms with Crippen molar-refractivity contribution in [2.24, 2.45) is 5.92 Å². The van der Waals surface area contributed by atoms with Gasteiger partial charge in [0.2, 0.25) is 0 Å². The molecule has 1 N–H and O–H groups in total. The lowest BCUT2D eigenvalue weighted by atomic mass is 10.1. The fourth-order valence-corrected chi connectivity index (χ4v) is 2.72. The number of nitrogens with one attached hydrogen (secondary N) is 1. The summed E-state index contributed by atoms with van der Waals surface area (Å²) in [4.78, 5) is 4.51. The van der Waals surface area contributed by atoms with Gasteiger partial charge in [0.15, 0.2) is 5.13 Å². The van der Waals surface area contributed by atoms with Gasteiger partial charge in [-0.15, -0.1) is 0 Å². The Morgan fingerprint density at radius 1 is 1.41 bits per heavy atom. The first-order valence-corrected chi connectivity index (χ1v) is 7.14. The Labute approximate surface area is 111 Å². The van der Waals surface area contributed by atoms with Gasteiger partial charge in [0, 0.05) is 11.6 Å². The molecule has 92 valence electrons. The second kappa shape index (κ2) is 5.69. The number of nitrogens with zero attached hydrogens (tertiary/aromatic N) is 1. The van der Waals surface area contributed by atoms with Crippen molar-refractivity contribution in [3.63, 3.8) is 0 Å². The molecule has 0 atom stereocenters. The first-order valence-electron chi connectivity index (χ1n) is 5.95. The van der Waals surface area contributed by atoms with Crippen LogP contribution in [0.25, 0.3) is 10.2 Å². The first kappa shape index (κ1) is 12.7. The molecule has 0 saturated carbocycles. The third-order valence-corrected chi connectivity index (χ3v) is 3.81. The molecule has 1 aromatic carbocycles. The fraction of sp³-hybridized carbons (Fsp3) is 0.462. The predicted octanol–water partition coefficient (Wildman–Crippen LogP) is 4.80. The molecule has 1 aromatic heterocycles. The Kier molecular flexibility index (Phi) is 4.24. The third kappa shape index (κ3) is 3.58. The van der Waals surface area contributed by atoms with Crippen molar-refractivity contribution in [2.75, 3.05) is 11.9 Å². The van der Waals surface area contributed by atoms with Crippen molar-refractivity contribution < 1.29 is 0 Å². The summed E-state index contributed by atoms with van der Waals surface area (Å²) in [6, 6.07) is 5.84. The van der Waals surface area contributed by atoms with Crippen LogP contribution in [0.4, 0.5) is 5.13 Å². The molecule has 2 nitrogen and oxygen atoms in total. The van der Waals surface area contributed by atoms with Crippen LogP contribution < -0.4 is 5.32 Å². The van der Waals surface area contributed by atoms with Crippen molar-refractivity contribution in [2.45, 2.75) is 26.7 Å². The molecule has 1 heterocycles. The molecule has 0 aliphatic heterocycles. The third-order valence-electron chi connectivity index (χ3n) is 2.58. The smallest absolute Gasteiger partial charge is 0.183 e. The fourth-order valence-electron chi connectivity index (χ4n) is 1.68. The lowest BCUT2D eigenvalue weighted by Crippen LogP contribution is -2.02. The molecular formula is C13H17ClN2S. The van der Waals surface area contributed by atoms with Gasteiger partial charge >= 0.3 is 0 Å². The van der Waals surface area contributed by atoms with Gasteiger partial charge in [0.05, 0.1) is 10.2 Å². The SMILES string of the molecule is CC(C)CCCNc1nc2cc(Cl)ccc2s1. The molecule has 4 heteroatoms. The Hall–Kier alpha value is -0.800. The van der Waals surface area contributed by atoms with E-state index < -0.39 is 0 Å². The van der Waals surface area contributed by atoms with E-state index in [1.54, 1.807) is 11.3 Å². The van der Waals surface area contributed by atoms with Crippen molar-refractivity contribution in [3.8, 4) is 0 Å². The summed E-state index contributed by atoms with van der Waals surface area (Å²) in [7, 11) is 0. The lowest BCUT2D eigenvalue weighted by Gasteiger charge is -2.04. The molecule has 0 unspecified atom stereocenters. The number of hydrogen-bond acceptors (Lipinski definition) is 3. The quantitative estimate of drug-likeness (QED) is 0.788. The Morgan fingerprint density at radius 2 is 2.24 bits per heavy atom. The van der Waals surface area contributed by atoms with E-state index in [1.807, 2.05) is 18.2 Å². The van der Waals surface area contributed by atoms with Crippen LogP contribution in [0.1, 0.15) is 26.7 Å². The molecule has 0 fully saturated rings. The van der Waals surface area contributed by atoms with E-state index in [4.69, 9.17) is 11.6 Å². The molecule has 0 spiro atoms. The van der Waals surface area contributed by atoms with E-state index in [1.165, 1.54) is 17.5 Å². The number of anilines is 1. The summed E-state index contributed by atoms with van der Waals surface area (Å²) in [6.07, 6.45) is 2.44. The Bertz CT molecular complexity index is 493. The topological polar surface area (TPSA) is 24.9 Å². The van der Waals surface area contributed by atoms with Gasteiger partial charge in [-0.25, -0.2) is 4.98 Å². The zero-order valence-electron chi connectivity index (χ0n) is 10.2. The monoisotopic (exact) mass is 268 g/mol. The number of benzene rings is 1. The maximum absolute atomic E-state index is 5.93. The number of aromatic nitrogens is 1. The van der Waals surface area contributed by atoms with Gasteiger partial charge < -0.3 is 5.32 Å². The highest BCUT2D eigenvalue weighted by Crippen LogP contribution is 2.27. The van der Waals surface area contributed by atoms with E-state index in [2.05, 4.69) is 24.1 Å². The van der Waals surface area contributed by atoms with E-state index in [9.17, 15) is 0 Å². The minimum Gasteiger partial charge on any atom is -0.361 e. The van der Waals surface area contributed by atoms with Crippen LogP contribution in [0.3, 0.4) is 0 Å². The van der Waals surface area contributed by atoms with Crippen molar-refractivity contribution in [1.82, 2.24) is 4.98 Å². The zero-order valence-corrected chi connectivity index (χ0v) is 11.7. The summed E-state index contributed by atoms with van der Waals surface area (Å²) >= 11 is 7.62. The van der Waals surface area contributed by atoms with Gasteiger partial charge in [-0.05, 0) is 37.0 Å². The maximum atomic E-state index is 5.93. The van der Waals surface area contributed by atoms with Gasteiger partial charge in [0.1, 0.15) is 0 Å². The number of fused-ring (bicyclic) bond motifs is 1. The largest absolute Gasteiger partial charge is 0.361 e. The van der Waals surface area contributed by atoms with Gasteiger partial charge in [-0.2, -0.15) is 0 Å². The lowest BCUT2D eigenvalue weighted by molar-refractivity contribution is 0.567. The molecule has 2 aromatic rings. The van der Waals surface area contributed by atoms with E-state index in [0.29, 0.717) is 0 Å². The molecule has 0 radical (unpaired) electrons. The van der Waals surface area contributed by atoms with Crippen LogP contribution in [0, 0.1) is 5.92 Å². The molecule has 0 aliphatic rings. The summed E-state index contributed by atoms with van der Waals surface area (Å²) < 4.78 is 1.18. The average molecular weight is 269 g/mol. The summed E-state index contributed by atoms with van der Waals surface area (Å²) in [5.74, 6) is 0.769. The molecule has 0 amide bonds. The first-order chi connectivity index (χ1) is 8.15. The highest BCUT2D eigenvalue weighted by molar-refractivity contribution is 7.22. The van der Waals surface area contributed by atoms with E-state index in [0.717, 1.165) is 28.1 Å². The highest BCUT2D eigenvalue weighted by Gasteiger charge is 2.03. The predicted molar refractivity (Wildman–Crippen MR) is 77.2 cm³/mol. The average Bonchev–Trinajstić information content (AvgIpc) is 2.66. The molecule has 2 rings (SSSR count). The van der Waals surface area contributed by atoms with Crippen LogP contribution in [0.2, 0.25) is 5.02 Å². The van der Waals surface area contributed by atoms with Crippen LogP contribution in [0.5, 0.6) is 0 Å². The van der Waals surface area contributed by atoms with Gasteiger partial charge in [-0.1, -0.05) is 36.8 Å². The molecule has 17 heavy (non-hydrogen) atoms. The van der Waals surface area contributed by atoms with Crippen molar-refractivity contribution in [1.29, 1.82) is 0 Å². The maximum Gasteiger partial charge on any atom is 0.183 e. The molecular weight excluding hydrogens is 252 g/mol. The number of hydrogen-bond donors (Lipinski definition) is 1. The Morgan fingerprint density at radius 3 is 3.00 bits per heavy atom. The van der Waals surface area contributed by atoms with Crippen molar-refractivity contribution >= 4 is 38.3 Å². The minimum atomic E-state index is 0.745. The second-order valence-corrected chi connectivity index (χ2v) is 6.06. The van der Waals surface area contributed by atoms with Gasteiger partial charge in [-0.3, -0.25) is 0 Å². The Balaban J connectivity index is 1.95. The standard InChI is InChI=1S/C13H17ClN2S/c1-9(2)4-3-7-15-13-16-11-8-10(14)5-6-12(11)17-13/h5-6,8-9H,3-4,7H2,1-2H3,(H,15,16). The van der Waals surface area contributed by atoms with Crippen LogP contribution in [-0.2, 0) is 0 Å². The van der Waals surface area contributed by atoms with Crippen LogP contribution in [-0.4, -0.2) is 11.5 Å². The molecule has 0 aliphatic carbocycles. The summed E-state index contributed by atoms with van der Waals surface area (Å²) in [5, 5.41) is 5.11. The van der Waals surface area contributed by atoms with Crippen molar-refractivity contribution in [3.05, 3.63) is 23.2 Å². The molecule has 0 saturated heterocycles.